The number of benzene rings is 3. The largest absolute Gasteiger partial charge is 0.480 e. The molecule has 3 rings (SSSR count). The zero-order chi connectivity index (χ0) is 27.1. The minimum absolute atomic E-state index is 0.0474. The van der Waals surface area contributed by atoms with Gasteiger partial charge in [-0.15, -0.1) is 0 Å². The lowest BCUT2D eigenvalue weighted by Gasteiger charge is -2.30. The minimum atomic E-state index is -1.54. The van der Waals surface area contributed by atoms with Crippen molar-refractivity contribution in [3.8, 4) is 0 Å². The predicted octanol–water partition coefficient (Wildman–Crippen LogP) is 5.40. The molecule has 37 heavy (non-hydrogen) atoms. The van der Waals surface area contributed by atoms with Crippen LogP contribution in [-0.4, -0.2) is 40.1 Å². The van der Waals surface area contributed by atoms with E-state index in [2.05, 4.69) is 34.9 Å². The van der Waals surface area contributed by atoms with Crippen molar-refractivity contribution < 1.29 is 24.2 Å². The Bertz CT molecular complexity index is 1190. The fourth-order valence-electron chi connectivity index (χ4n) is 3.81. The second-order valence-corrected chi connectivity index (χ2v) is 11.2. The van der Waals surface area contributed by atoms with Crippen LogP contribution in [0.25, 0.3) is 0 Å². The third-order valence-electron chi connectivity index (χ3n) is 5.35. The van der Waals surface area contributed by atoms with Gasteiger partial charge in [0.25, 0.3) is 5.91 Å². The summed E-state index contributed by atoms with van der Waals surface area (Å²) in [5.74, 6) is -1.89. The molecule has 0 fully saturated rings. The van der Waals surface area contributed by atoms with Crippen molar-refractivity contribution in [3.63, 3.8) is 0 Å². The normalized spacial score (nSPS) is 12.9. The van der Waals surface area contributed by atoms with E-state index < -0.39 is 35.0 Å². The molecular weight excluding hydrogens is 488 g/mol. The van der Waals surface area contributed by atoms with Crippen molar-refractivity contribution in [2.75, 3.05) is 6.54 Å². The van der Waals surface area contributed by atoms with Gasteiger partial charge in [-0.3, -0.25) is 14.9 Å². The van der Waals surface area contributed by atoms with Crippen LogP contribution in [0.15, 0.2) is 89.8 Å². The van der Waals surface area contributed by atoms with Gasteiger partial charge in [0.15, 0.2) is 4.87 Å². The van der Waals surface area contributed by atoms with Gasteiger partial charge in [-0.25, -0.2) is 4.79 Å². The summed E-state index contributed by atoms with van der Waals surface area (Å²) in [5.41, 5.74) is 2.47. The Morgan fingerprint density at radius 3 is 1.89 bits per heavy atom. The van der Waals surface area contributed by atoms with Gasteiger partial charge >= 0.3 is 12.1 Å². The molecule has 1 unspecified atom stereocenters. The average Bonchev–Trinajstić information content (AvgIpc) is 2.83. The van der Waals surface area contributed by atoms with Gasteiger partial charge in [0.05, 0.1) is 0 Å². The summed E-state index contributed by atoms with van der Waals surface area (Å²) in [4.78, 5) is 35.9. The molecule has 0 radical (unpaired) electrons. The summed E-state index contributed by atoms with van der Waals surface area (Å²) in [5, 5.41) is 14.0. The van der Waals surface area contributed by atoms with Crippen LogP contribution in [0.5, 0.6) is 0 Å². The molecule has 0 aliphatic rings. The molecule has 0 aliphatic carbocycles. The third-order valence-corrected chi connectivity index (χ3v) is 6.54. The van der Waals surface area contributed by atoms with Crippen LogP contribution in [0.1, 0.15) is 50.3 Å². The van der Waals surface area contributed by atoms with Gasteiger partial charge in [-0.1, -0.05) is 84.6 Å². The average molecular weight is 521 g/mol. The van der Waals surface area contributed by atoms with Crippen LogP contribution in [0.4, 0.5) is 4.79 Å². The number of carboxylic acids is 1. The highest BCUT2D eigenvalue weighted by Gasteiger charge is 2.38. The number of carboxylic acid groups (broad SMARTS) is 1. The minimum Gasteiger partial charge on any atom is -0.480 e. The Morgan fingerprint density at radius 1 is 0.838 bits per heavy atom. The van der Waals surface area contributed by atoms with E-state index in [-0.39, 0.29) is 5.92 Å². The van der Waals surface area contributed by atoms with Gasteiger partial charge in [-0.05, 0) is 56.5 Å². The van der Waals surface area contributed by atoms with Gasteiger partial charge in [0.2, 0.25) is 0 Å². The maximum absolute atomic E-state index is 13.1. The number of aliphatic carboxylic acids is 1. The van der Waals surface area contributed by atoms with Crippen LogP contribution in [0.3, 0.4) is 0 Å². The smallest absolute Gasteiger partial charge is 0.409 e. The number of hydrogen-bond donors (Lipinski definition) is 3. The lowest BCUT2D eigenvalue weighted by molar-refractivity contribution is -0.138. The first-order chi connectivity index (χ1) is 17.5. The highest BCUT2D eigenvalue weighted by Crippen LogP contribution is 2.37. The molecule has 0 aliphatic heterocycles. The molecule has 0 bridgehead atoms. The Kier molecular flexibility index (Phi) is 8.99. The number of alkyl carbamates (subject to hydrolysis) is 1. The molecule has 2 amide bonds. The highest BCUT2D eigenvalue weighted by molar-refractivity contribution is 8.01. The van der Waals surface area contributed by atoms with E-state index in [1.54, 1.807) is 20.8 Å². The van der Waals surface area contributed by atoms with E-state index in [1.807, 2.05) is 60.7 Å². The van der Waals surface area contributed by atoms with Crippen LogP contribution in [0.2, 0.25) is 0 Å². The monoisotopic (exact) mass is 520 g/mol. The summed E-state index contributed by atoms with van der Waals surface area (Å²) in [6.07, 6.45) is -0.782. The molecule has 3 aromatic rings. The standard InChI is InChI=1S/C29H32N2O5S/c1-28(2,3)36-27(35)31-29(4,26(34)30-19-24(32)33)37-23-17-11-16-22(18-23)25(20-12-7-5-8-13-20)21-14-9-6-10-15-21/h5-18,25H,19H2,1-4H3,(H,30,34)(H,31,35)(H,32,33). The van der Waals surface area contributed by atoms with Crippen molar-refractivity contribution >= 4 is 29.7 Å². The molecule has 3 N–H and O–H groups in total. The number of thioether (sulfide) groups is 1. The molecule has 194 valence electrons. The molecule has 0 saturated carbocycles. The molecular formula is C29H32N2O5S. The van der Waals surface area contributed by atoms with E-state index in [1.165, 1.54) is 6.92 Å². The second kappa shape index (κ2) is 12.0. The molecule has 0 heterocycles. The highest BCUT2D eigenvalue weighted by atomic mass is 32.2. The first-order valence-corrected chi connectivity index (χ1v) is 12.7. The van der Waals surface area contributed by atoms with E-state index in [9.17, 15) is 14.4 Å². The lowest BCUT2D eigenvalue weighted by atomic mass is 9.85. The number of rotatable bonds is 9. The molecule has 0 saturated heterocycles. The van der Waals surface area contributed by atoms with Gasteiger partial charge in [-0.2, -0.15) is 0 Å². The summed E-state index contributed by atoms with van der Waals surface area (Å²) in [7, 11) is 0. The maximum atomic E-state index is 13.1. The second-order valence-electron chi connectivity index (χ2n) is 9.67. The van der Waals surface area contributed by atoms with Crippen molar-refractivity contribution in [2.24, 2.45) is 0 Å². The van der Waals surface area contributed by atoms with Gasteiger partial charge in [0.1, 0.15) is 12.1 Å². The number of carbonyl (C=O) groups is 3. The Morgan fingerprint density at radius 2 is 1.38 bits per heavy atom. The van der Waals surface area contributed by atoms with Crippen LogP contribution < -0.4 is 10.6 Å². The topological polar surface area (TPSA) is 105 Å². The quantitative estimate of drug-likeness (QED) is 0.198. The molecule has 1 atom stereocenters. The summed E-state index contributed by atoms with van der Waals surface area (Å²) in [6.45, 7) is 6.11. The zero-order valence-corrected chi connectivity index (χ0v) is 22.2. The van der Waals surface area contributed by atoms with Crippen LogP contribution >= 0.6 is 11.8 Å². The van der Waals surface area contributed by atoms with E-state index in [0.29, 0.717) is 0 Å². The molecule has 3 aromatic carbocycles. The molecule has 8 heteroatoms. The van der Waals surface area contributed by atoms with Crippen molar-refractivity contribution in [1.29, 1.82) is 0 Å². The lowest BCUT2D eigenvalue weighted by Crippen LogP contribution is -2.56. The number of hydrogen-bond acceptors (Lipinski definition) is 5. The zero-order valence-electron chi connectivity index (χ0n) is 21.4. The Hall–Kier alpha value is -3.78. The first kappa shape index (κ1) is 27.8. The number of carbonyl (C=O) groups excluding carboxylic acids is 2. The fourth-order valence-corrected chi connectivity index (χ4v) is 4.93. The van der Waals surface area contributed by atoms with Crippen molar-refractivity contribution in [1.82, 2.24) is 10.6 Å². The van der Waals surface area contributed by atoms with Gasteiger partial charge < -0.3 is 15.2 Å². The summed E-state index contributed by atoms with van der Waals surface area (Å²) < 4.78 is 5.36. The van der Waals surface area contributed by atoms with E-state index in [4.69, 9.17) is 9.84 Å². The van der Waals surface area contributed by atoms with Crippen LogP contribution in [-0.2, 0) is 14.3 Å². The number of ether oxygens (including phenoxy) is 1. The summed E-state index contributed by atoms with van der Waals surface area (Å²) in [6, 6.07) is 28.0. The van der Waals surface area contributed by atoms with E-state index in [0.717, 1.165) is 33.3 Å². The molecule has 0 spiro atoms. The Balaban J connectivity index is 1.96. The Labute approximate surface area is 221 Å². The van der Waals surface area contributed by atoms with Crippen molar-refractivity contribution in [2.45, 2.75) is 49.0 Å². The first-order valence-electron chi connectivity index (χ1n) is 11.9. The predicted molar refractivity (Wildman–Crippen MR) is 145 cm³/mol. The SMILES string of the molecule is CC(C)(C)OC(=O)NC(C)(Sc1cccc(C(c2ccccc2)c2ccccc2)c1)C(=O)NCC(=O)O. The van der Waals surface area contributed by atoms with Crippen molar-refractivity contribution in [3.05, 3.63) is 102 Å². The maximum Gasteiger partial charge on any atom is 0.409 e. The number of nitrogens with one attached hydrogen (secondary N) is 2. The number of amides is 2. The molecule has 7 nitrogen and oxygen atoms in total. The van der Waals surface area contributed by atoms with Crippen LogP contribution in [0, 0.1) is 0 Å². The molecule has 0 aromatic heterocycles. The summed E-state index contributed by atoms with van der Waals surface area (Å²) >= 11 is 1.11. The third kappa shape index (κ3) is 8.11. The fraction of sp³-hybridized carbons (Fsp3) is 0.276. The van der Waals surface area contributed by atoms with E-state index >= 15 is 0 Å². The van der Waals surface area contributed by atoms with Gasteiger partial charge in [0, 0.05) is 10.8 Å².